The van der Waals surface area contributed by atoms with E-state index in [0.717, 1.165) is 25.7 Å². The fourth-order valence-corrected chi connectivity index (χ4v) is 4.81. The lowest BCUT2D eigenvalue weighted by molar-refractivity contribution is -0.690. The van der Waals surface area contributed by atoms with Gasteiger partial charge in [0.15, 0.2) is 10.8 Å². The van der Waals surface area contributed by atoms with Crippen molar-refractivity contribution >= 4 is 5.84 Å². The smallest absolute Gasteiger partial charge is 0.317 e. The van der Waals surface area contributed by atoms with Crippen molar-refractivity contribution in [2.75, 3.05) is 14.2 Å². The van der Waals surface area contributed by atoms with E-state index in [1.807, 2.05) is 13.8 Å². The summed E-state index contributed by atoms with van der Waals surface area (Å²) in [6, 6.07) is 4.69. The zero-order valence-corrected chi connectivity index (χ0v) is 13.1. The SMILES string of the molecule is CCCC1(CCC)[C@]2(C#N)C(OC)(OC)[NH+]=C(N)[C@]12C#N. The van der Waals surface area contributed by atoms with Crippen LogP contribution in [-0.4, -0.2) is 26.0 Å². The van der Waals surface area contributed by atoms with Crippen LogP contribution < -0.4 is 10.7 Å². The van der Waals surface area contributed by atoms with Crippen LogP contribution in [0.3, 0.4) is 0 Å². The van der Waals surface area contributed by atoms with E-state index in [2.05, 4.69) is 17.1 Å². The first-order valence-electron chi connectivity index (χ1n) is 7.33. The molecule has 0 aromatic rings. The van der Waals surface area contributed by atoms with E-state index in [0.29, 0.717) is 0 Å². The maximum atomic E-state index is 10.00. The highest BCUT2D eigenvalue weighted by atomic mass is 16.7. The van der Waals surface area contributed by atoms with Crippen LogP contribution in [0.2, 0.25) is 0 Å². The second-order valence-electron chi connectivity index (χ2n) is 5.87. The van der Waals surface area contributed by atoms with Crippen molar-refractivity contribution in [2.24, 2.45) is 22.0 Å². The van der Waals surface area contributed by atoms with E-state index in [4.69, 9.17) is 15.2 Å². The normalized spacial score (nSPS) is 34.5. The van der Waals surface area contributed by atoms with Gasteiger partial charge in [0.1, 0.15) is 0 Å². The minimum Gasteiger partial charge on any atom is -0.317 e. The second kappa shape index (κ2) is 4.69. The van der Waals surface area contributed by atoms with Gasteiger partial charge < -0.3 is 9.47 Å². The molecule has 3 N–H and O–H groups in total. The Labute approximate surface area is 125 Å². The fraction of sp³-hybridized carbons (Fsp3) is 0.800. The molecule has 1 saturated carbocycles. The third-order valence-corrected chi connectivity index (χ3v) is 5.40. The number of hydrogen-bond donors (Lipinski definition) is 2. The van der Waals surface area contributed by atoms with Crippen molar-refractivity contribution in [3.05, 3.63) is 0 Å². The summed E-state index contributed by atoms with van der Waals surface area (Å²) >= 11 is 0. The summed E-state index contributed by atoms with van der Waals surface area (Å²) in [6.07, 6.45) is 3.20. The quantitative estimate of drug-likeness (QED) is 0.670. The molecular weight excluding hydrogens is 268 g/mol. The first-order valence-corrected chi connectivity index (χ1v) is 7.33. The van der Waals surface area contributed by atoms with Crippen molar-refractivity contribution in [3.8, 4) is 12.1 Å². The number of ether oxygens (including phenoxy) is 2. The van der Waals surface area contributed by atoms with Crippen LogP contribution in [0, 0.1) is 38.9 Å². The molecule has 0 aromatic heterocycles. The topological polar surface area (TPSA) is 106 Å². The molecule has 0 amide bonds. The number of amidine groups is 1. The Hall–Kier alpha value is -1.63. The molecule has 0 radical (unpaired) electrons. The highest BCUT2D eigenvalue weighted by Gasteiger charge is 3.02. The molecule has 0 saturated heterocycles. The molecule has 1 fully saturated rings. The molecule has 0 aromatic carbocycles. The minimum atomic E-state index is -1.37. The Kier molecular flexibility index (Phi) is 3.52. The molecule has 0 spiro atoms. The highest BCUT2D eigenvalue weighted by Crippen LogP contribution is 2.85. The maximum absolute atomic E-state index is 10.00. The summed E-state index contributed by atoms with van der Waals surface area (Å²) in [5.41, 5.74) is 3.44. The standard InChI is InChI=1S/C15H22N4O2/c1-5-7-12(8-6-2)13(9-16)11(18)19-15(20-3,21-4)14(12,13)10-17/h5-8H2,1-4H3,(H2,18,19)/p+1/t13-,14+/m1/s1. The lowest BCUT2D eigenvalue weighted by Crippen LogP contribution is -2.91. The van der Waals surface area contributed by atoms with E-state index >= 15 is 0 Å². The Bertz CT molecular complexity index is 549. The van der Waals surface area contributed by atoms with Gasteiger partial charge >= 0.3 is 5.91 Å². The average Bonchev–Trinajstić information content (AvgIpc) is 2.91. The van der Waals surface area contributed by atoms with Crippen LogP contribution in [0.25, 0.3) is 0 Å². The molecule has 6 heteroatoms. The van der Waals surface area contributed by atoms with Gasteiger partial charge in [0.25, 0.3) is 5.84 Å². The van der Waals surface area contributed by atoms with Crippen LogP contribution in [0.5, 0.6) is 0 Å². The van der Waals surface area contributed by atoms with E-state index in [9.17, 15) is 10.5 Å². The number of hydrogen-bond acceptors (Lipinski definition) is 5. The van der Waals surface area contributed by atoms with Gasteiger partial charge in [0, 0.05) is 19.6 Å². The zero-order valence-electron chi connectivity index (χ0n) is 13.1. The van der Waals surface area contributed by atoms with Gasteiger partial charge in [-0.3, -0.25) is 5.73 Å². The van der Waals surface area contributed by atoms with Gasteiger partial charge in [-0.1, -0.05) is 26.7 Å². The van der Waals surface area contributed by atoms with Crippen molar-refractivity contribution in [3.63, 3.8) is 0 Å². The lowest BCUT2D eigenvalue weighted by atomic mass is 9.81. The first-order chi connectivity index (χ1) is 9.99. The number of nitrogens with one attached hydrogen (secondary N) is 1. The Balaban J connectivity index is 2.75. The summed E-state index contributed by atoms with van der Waals surface area (Å²) in [7, 11) is 2.94. The predicted molar refractivity (Wildman–Crippen MR) is 75.2 cm³/mol. The molecule has 2 aliphatic rings. The zero-order chi connectivity index (χ0) is 15.9. The first kappa shape index (κ1) is 15.8. The molecular formula is C15H23N4O2+. The second-order valence-corrected chi connectivity index (χ2v) is 5.87. The van der Waals surface area contributed by atoms with Gasteiger partial charge in [0.05, 0.1) is 12.1 Å². The molecule has 21 heavy (non-hydrogen) atoms. The molecule has 114 valence electrons. The summed E-state index contributed by atoms with van der Waals surface area (Å²) in [5.74, 6) is -1.08. The molecule has 2 rings (SSSR count). The molecule has 2 atom stereocenters. The van der Waals surface area contributed by atoms with E-state index in [1.54, 1.807) is 0 Å². The number of rotatable bonds is 6. The van der Waals surface area contributed by atoms with E-state index in [1.165, 1.54) is 14.2 Å². The summed E-state index contributed by atoms with van der Waals surface area (Å²) in [5, 5.41) is 19.9. The van der Waals surface area contributed by atoms with Crippen molar-refractivity contribution in [1.82, 2.24) is 0 Å². The number of nitriles is 2. The Morgan fingerprint density at radius 1 is 1.10 bits per heavy atom. The number of nitrogens with zero attached hydrogens (tertiary/aromatic N) is 2. The third-order valence-electron chi connectivity index (χ3n) is 5.40. The van der Waals surface area contributed by atoms with Gasteiger partial charge in [-0.2, -0.15) is 10.5 Å². The number of fused-ring (bicyclic) bond motifs is 1. The molecule has 6 nitrogen and oxygen atoms in total. The third kappa shape index (κ3) is 1.23. The Morgan fingerprint density at radius 3 is 1.95 bits per heavy atom. The lowest BCUT2D eigenvalue weighted by Gasteiger charge is -2.31. The van der Waals surface area contributed by atoms with Crippen molar-refractivity contribution in [1.29, 1.82) is 10.5 Å². The fourth-order valence-electron chi connectivity index (χ4n) is 4.81. The molecule has 0 bridgehead atoms. The number of nitrogens with two attached hydrogens (primary N) is 1. The van der Waals surface area contributed by atoms with Crippen molar-refractivity contribution in [2.45, 2.75) is 45.4 Å². The van der Waals surface area contributed by atoms with Crippen molar-refractivity contribution < 1.29 is 14.5 Å². The highest BCUT2D eigenvalue weighted by molar-refractivity contribution is 5.94. The maximum Gasteiger partial charge on any atom is 0.342 e. The van der Waals surface area contributed by atoms with Gasteiger partial charge in [-0.05, 0) is 12.8 Å². The molecule has 0 unspecified atom stereocenters. The predicted octanol–water partition coefficient (Wildman–Crippen LogP) is 0.00456. The summed E-state index contributed by atoms with van der Waals surface area (Å²) in [4.78, 5) is 2.93. The minimum absolute atomic E-state index is 0.289. The van der Waals surface area contributed by atoms with Gasteiger partial charge in [-0.15, -0.1) is 0 Å². The summed E-state index contributed by atoms with van der Waals surface area (Å²) in [6.45, 7) is 4.10. The van der Waals surface area contributed by atoms with Crippen LogP contribution in [0.15, 0.2) is 0 Å². The van der Waals surface area contributed by atoms with Crippen LogP contribution in [0.1, 0.15) is 39.5 Å². The van der Waals surface area contributed by atoms with Gasteiger partial charge in [-0.25, -0.2) is 4.99 Å². The largest absolute Gasteiger partial charge is 0.342 e. The van der Waals surface area contributed by atoms with E-state index < -0.39 is 22.2 Å². The monoisotopic (exact) mass is 291 g/mol. The average molecular weight is 291 g/mol. The molecule has 1 heterocycles. The molecule has 1 aliphatic carbocycles. The van der Waals surface area contributed by atoms with E-state index in [-0.39, 0.29) is 5.84 Å². The van der Waals surface area contributed by atoms with Gasteiger partial charge in [0.2, 0.25) is 0 Å². The van der Waals surface area contributed by atoms with Crippen LogP contribution >= 0.6 is 0 Å². The Morgan fingerprint density at radius 2 is 1.62 bits per heavy atom. The summed E-state index contributed by atoms with van der Waals surface area (Å²) < 4.78 is 11.1. The number of methoxy groups -OCH3 is 2. The molecule has 1 aliphatic heterocycles. The van der Waals surface area contributed by atoms with Crippen LogP contribution in [0.4, 0.5) is 0 Å². The van der Waals surface area contributed by atoms with Crippen LogP contribution in [-0.2, 0) is 9.47 Å².